The van der Waals surface area contributed by atoms with Gasteiger partial charge in [0.1, 0.15) is 5.82 Å². The van der Waals surface area contributed by atoms with Gasteiger partial charge < -0.3 is 10.1 Å². The lowest BCUT2D eigenvalue weighted by molar-refractivity contribution is -0.127. The standard InChI is InChI=1S/C24H23FN4O2/c1-15-13-21(31-17(3)24(30)26-14-18-9-11-19(25)12-10-18)27-23-22(15)16(2)28-29(23)20-7-5-4-6-8-20/h4-13,17H,14H2,1-3H3,(H,26,30). The highest BCUT2D eigenvalue weighted by atomic mass is 19.1. The van der Waals surface area contributed by atoms with E-state index in [1.54, 1.807) is 23.7 Å². The van der Waals surface area contributed by atoms with E-state index in [1.165, 1.54) is 12.1 Å². The van der Waals surface area contributed by atoms with Crippen molar-refractivity contribution in [3.63, 3.8) is 0 Å². The minimum Gasteiger partial charge on any atom is -0.464 e. The van der Waals surface area contributed by atoms with Gasteiger partial charge in [-0.15, -0.1) is 0 Å². The number of hydrogen-bond acceptors (Lipinski definition) is 4. The van der Waals surface area contributed by atoms with E-state index in [1.807, 2.05) is 50.2 Å². The van der Waals surface area contributed by atoms with Gasteiger partial charge in [0.15, 0.2) is 11.8 Å². The van der Waals surface area contributed by atoms with Crippen molar-refractivity contribution in [1.82, 2.24) is 20.1 Å². The molecule has 0 aliphatic rings. The minimum absolute atomic E-state index is 0.281. The third-order valence-corrected chi connectivity index (χ3v) is 5.03. The molecule has 7 heteroatoms. The maximum atomic E-state index is 13.0. The van der Waals surface area contributed by atoms with Crippen molar-refractivity contribution in [2.75, 3.05) is 0 Å². The number of pyridine rings is 1. The number of carbonyl (C=O) groups is 1. The number of halogens is 1. The smallest absolute Gasteiger partial charge is 0.261 e. The summed E-state index contributed by atoms with van der Waals surface area (Å²) in [6.45, 7) is 5.88. The molecule has 0 saturated heterocycles. The van der Waals surface area contributed by atoms with Crippen LogP contribution in [-0.2, 0) is 11.3 Å². The number of aryl methyl sites for hydroxylation is 2. The summed E-state index contributed by atoms with van der Waals surface area (Å²) in [5.41, 5.74) is 4.23. The number of hydrogen-bond donors (Lipinski definition) is 1. The molecule has 0 bridgehead atoms. The molecule has 0 aliphatic carbocycles. The zero-order valence-electron chi connectivity index (χ0n) is 17.6. The molecule has 31 heavy (non-hydrogen) atoms. The molecule has 4 aromatic rings. The number of amides is 1. The maximum Gasteiger partial charge on any atom is 0.261 e. The number of nitrogens with zero attached hydrogens (tertiary/aromatic N) is 3. The number of fused-ring (bicyclic) bond motifs is 1. The maximum absolute atomic E-state index is 13.0. The molecular weight excluding hydrogens is 395 g/mol. The number of aromatic nitrogens is 3. The Kier molecular flexibility index (Phi) is 5.66. The molecular formula is C24H23FN4O2. The molecule has 158 valence electrons. The van der Waals surface area contributed by atoms with E-state index in [4.69, 9.17) is 4.74 Å². The predicted molar refractivity (Wildman–Crippen MR) is 117 cm³/mol. The van der Waals surface area contributed by atoms with Crippen molar-refractivity contribution >= 4 is 16.9 Å². The summed E-state index contributed by atoms with van der Waals surface area (Å²) < 4.78 is 20.6. The lowest BCUT2D eigenvalue weighted by atomic mass is 10.1. The largest absolute Gasteiger partial charge is 0.464 e. The minimum atomic E-state index is -0.751. The topological polar surface area (TPSA) is 69.0 Å². The molecule has 2 aromatic carbocycles. The third-order valence-electron chi connectivity index (χ3n) is 5.03. The quantitative estimate of drug-likeness (QED) is 0.508. The molecule has 1 amide bonds. The van der Waals surface area contributed by atoms with Gasteiger partial charge in [-0.2, -0.15) is 10.1 Å². The number of benzene rings is 2. The predicted octanol–water partition coefficient (Wildman–Crippen LogP) is 4.26. The van der Waals surface area contributed by atoms with E-state index in [0.29, 0.717) is 11.5 Å². The van der Waals surface area contributed by atoms with Crippen LogP contribution in [0.2, 0.25) is 0 Å². The van der Waals surface area contributed by atoms with Crippen LogP contribution in [0.25, 0.3) is 16.7 Å². The second kappa shape index (κ2) is 8.55. The Morgan fingerprint density at radius 1 is 1.13 bits per heavy atom. The highest BCUT2D eigenvalue weighted by Crippen LogP contribution is 2.27. The van der Waals surface area contributed by atoms with E-state index < -0.39 is 6.10 Å². The van der Waals surface area contributed by atoms with E-state index in [2.05, 4.69) is 15.4 Å². The number of rotatable bonds is 6. The Morgan fingerprint density at radius 2 is 1.84 bits per heavy atom. The van der Waals surface area contributed by atoms with Crippen LogP contribution in [-0.4, -0.2) is 26.8 Å². The Bertz CT molecular complexity index is 1220. The summed E-state index contributed by atoms with van der Waals surface area (Å²) in [6, 6.07) is 17.6. The zero-order chi connectivity index (χ0) is 22.0. The second-order valence-corrected chi connectivity index (χ2v) is 7.41. The van der Waals surface area contributed by atoms with Gasteiger partial charge in [0.05, 0.1) is 11.4 Å². The SMILES string of the molecule is Cc1cc(OC(C)C(=O)NCc2ccc(F)cc2)nc2c1c(C)nn2-c1ccccc1. The third kappa shape index (κ3) is 4.40. The molecule has 0 fully saturated rings. The van der Waals surface area contributed by atoms with E-state index >= 15 is 0 Å². The highest BCUT2D eigenvalue weighted by molar-refractivity contribution is 5.84. The lowest BCUT2D eigenvalue weighted by Crippen LogP contribution is -2.36. The molecule has 0 saturated carbocycles. The van der Waals surface area contributed by atoms with Crippen molar-refractivity contribution in [3.05, 3.63) is 83.3 Å². The van der Waals surface area contributed by atoms with E-state index in [-0.39, 0.29) is 18.3 Å². The Labute approximate surface area is 179 Å². The van der Waals surface area contributed by atoms with Gasteiger partial charge in [0, 0.05) is 18.0 Å². The monoisotopic (exact) mass is 418 g/mol. The van der Waals surface area contributed by atoms with Crippen molar-refractivity contribution in [1.29, 1.82) is 0 Å². The van der Waals surface area contributed by atoms with Crippen molar-refractivity contribution in [3.8, 4) is 11.6 Å². The van der Waals surface area contributed by atoms with Gasteiger partial charge >= 0.3 is 0 Å². The lowest BCUT2D eigenvalue weighted by Gasteiger charge is -2.15. The normalized spacial score (nSPS) is 12.0. The molecule has 1 N–H and O–H groups in total. The second-order valence-electron chi connectivity index (χ2n) is 7.41. The average Bonchev–Trinajstić information content (AvgIpc) is 3.10. The average molecular weight is 418 g/mol. The van der Waals surface area contributed by atoms with E-state index in [9.17, 15) is 9.18 Å². The summed E-state index contributed by atoms with van der Waals surface area (Å²) in [5.74, 6) is -0.239. The fraction of sp³-hybridized carbons (Fsp3) is 0.208. The van der Waals surface area contributed by atoms with Crippen LogP contribution < -0.4 is 10.1 Å². The first kappa shape index (κ1) is 20.5. The molecule has 0 aliphatic heterocycles. The molecule has 0 spiro atoms. The number of para-hydroxylation sites is 1. The molecule has 2 heterocycles. The fourth-order valence-electron chi connectivity index (χ4n) is 3.45. The van der Waals surface area contributed by atoms with Crippen LogP contribution in [0, 0.1) is 19.7 Å². The van der Waals surface area contributed by atoms with Gasteiger partial charge in [-0.05, 0) is 56.2 Å². The molecule has 0 radical (unpaired) electrons. The van der Waals surface area contributed by atoms with Crippen LogP contribution in [0.1, 0.15) is 23.7 Å². The van der Waals surface area contributed by atoms with Crippen LogP contribution in [0.4, 0.5) is 4.39 Å². The highest BCUT2D eigenvalue weighted by Gasteiger charge is 2.19. The van der Waals surface area contributed by atoms with Gasteiger partial charge in [-0.25, -0.2) is 9.07 Å². The Hall–Kier alpha value is -3.74. The van der Waals surface area contributed by atoms with Crippen molar-refractivity contribution in [2.24, 2.45) is 0 Å². The first-order valence-corrected chi connectivity index (χ1v) is 10.0. The summed E-state index contributed by atoms with van der Waals surface area (Å²) in [4.78, 5) is 17.1. The molecule has 6 nitrogen and oxygen atoms in total. The van der Waals surface area contributed by atoms with Gasteiger partial charge in [0.25, 0.3) is 5.91 Å². The molecule has 1 atom stereocenters. The summed E-state index contributed by atoms with van der Waals surface area (Å²) in [6.07, 6.45) is -0.751. The van der Waals surface area contributed by atoms with Gasteiger partial charge in [-0.3, -0.25) is 4.79 Å². The van der Waals surface area contributed by atoms with Crippen molar-refractivity contribution in [2.45, 2.75) is 33.4 Å². The van der Waals surface area contributed by atoms with Crippen molar-refractivity contribution < 1.29 is 13.9 Å². The first-order valence-electron chi connectivity index (χ1n) is 10.0. The summed E-state index contributed by atoms with van der Waals surface area (Å²) in [7, 11) is 0. The number of nitrogens with one attached hydrogen (secondary N) is 1. The van der Waals surface area contributed by atoms with Gasteiger partial charge in [0.2, 0.25) is 5.88 Å². The first-order chi connectivity index (χ1) is 14.9. The fourth-order valence-corrected chi connectivity index (χ4v) is 3.45. The Morgan fingerprint density at radius 3 is 2.55 bits per heavy atom. The van der Waals surface area contributed by atoms with Crippen LogP contribution in [0.3, 0.4) is 0 Å². The summed E-state index contributed by atoms with van der Waals surface area (Å²) >= 11 is 0. The molecule has 2 aromatic heterocycles. The van der Waals surface area contributed by atoms with Gasteiger partial charge in [-0.1, -0.05) is 30.3 Å². The zero-order valence-corrected chi connectivity index (χ0v) is 17.6. The van der Waals surface area contributed by atoms with Crippen LogP contribution in [0.5, 0.6) is 5.88 Å². The molecule has 1 unspecified atom stereocenters. The van der Waals surface area contributed by atoms with E-state index in [0.717, 1.165) is 27.9 Å². The Balaban J connectivity index is 1.54. The number of ether oxygens (including phenoxy) is 1. The number of carbonyl (C=O) groups excluding carboxylic acids is 1. The summed E-state index contributed by atoms with van der Waals surface area (Å²) in [5, 5.41) is 8.40. The van der Waals surface area contributed by atoms with Crippen LogP contribution in [0.15, 0.2) is 60.7 Å². The van der Waals surface area contributed by atoms with Crippen LogP contribution >= 0.6 is 0 Å². The molecule has 4 rings (SSSR count).